The summed E-state index contributed by atoms with van der Waals surface area (Å²) in [5.74, 6) is 1.28. The first kappa shape index (κ1) is 11.6. The Kier molecular flexibility index (Phi) is 3.02. The highest BCUT2D eigenvalue weighted by molar-refractivity contribution is 9.10. The van der Waals surface area contributed by atoms with Gasteiger partial charge >= 0.3 is 0 Å². The minimum Gasteiger partial charge on any atom is -0.332 e. The Morgan fingerprint density at radius 3 is 2.62 bits per heavy atom. The summed E-state index contributed by atoms with van der Waals surface area (Å²) >= 11 is 3.57. The molecule has 0 saturated carbocycles. The molecule has 0 aliphatic carbocycles. The molecule has 0 amide bonds. The molecular formula is C12H16BrN3. The Morgan fingerprint density at radius 1 is 1.38 bits per heavy atom. The maximum Gasteiger partial charge on any atom is 0.145 e. The van der Waals surface area contributed by atoms with Crippen LogP contribution in [0.1, 0.15) is 38.2 Å². The first-order valence-electron chi connectivity index (χ1n) is 5.57. The van der Waals surface area contributed by atoms with Crippen LogP contribution >= 0.6 is 15.9 Å². The molecule has 0 aliphatic heterocycles. The van der Waals surface area contributed by atoms with Gasteiger partial charge in [-0.15, -0.1) is 0 Å². The molecule has 0 atom stereocenters. The van der Waals surface area contributed by atoms with E-state index >= 15 is 0 Å². The van der Waals surface area contributed by atoms with E-state index in [0.29, 0.717) is 5.92 Å². The lowest BCUT2D eigenvalue weighted by Crippen LogP contribution is -2.02. The number of hydrogen-bond acceptors (Lipinski definition) is 2. The molecule has 2 aromatic rings. The number of rotatable bonds is 2. The molecule has 2 aromatic heterocycles. The standard InChI is InChI=1S/C12H16BrN3/c1-5-16-6-9(13)10-8(4)14-11(7(2)3)15-12(10)16/h6-7H,5H2,1-4H3. The lowest BCUT2D eigenvalue weighted by Gasteiger charge is -2.07. The van der Waals surface area contributed by atoms with Gasteiger partial charge in [-0.1, -0.05) is 13.8 Å². The number of hydrogen-bond donors (Lipinski definition) is 0. The van der Waals surface area contributed by atoms with Gasteiger partial charge in [0.05, 0.1) is 11.1 Å². The molecule has 0 bridgehead atoms. The van der Waals surface area contributed by atoms with Crippen LogP contribution in [0.4, 0.5) is 0 Å². The van der Waals surface area contributed by atoms with Crippen LogP contribution in [0.25, 0.3) is 11.0 Å². The van der Waals surface area contributed by atoms with Gasteiger partial charge in [0.2, 0.25) is 0 Å². The molecule has 3 nitrogen and oxygen atoms in total. The minimum absolute atomic E-state index is 0.363. The third-order valence-corrected chi connectivity index (χ3v) is 3.33. The maximum absolute atomic E-state index is 4.65. The Bertz CT molecular complexity index is 529. The predicted molar refractivity (Wildman–Crippen MR) is 69.7 cm³/mol. The van der Waals surface area contributed by atoms with Crippen molar-refractivity contribution in [3.05, 3.63) is 22.2 Å². The topological polar surface area (TPSA) is 30.7 Å². The number of halogens is 1. The minimum atomic E-state index is 0.363. The van der Waals surface area contributed by atoms with Crippen molar-refractivity contribution in [2.75, 3.05) is 0 Å². The summed E-state index contributed by atoms with van der Waals surface area (Å²) in [5.41, 5.74) is 2.08. The quantitative estimate of drug-likeness (QED) is 0.841. The monoisotopic (exact) mass is 281 g/mol. The summed E-state index contributed by atoms with van der Waals surface area (Å²) in [7, 11) is 0. The number of aryl methyl sites for hydroxylation is 2. The number of aromatic nitrogens is 3. The van der Waals surface area contributed by atoms with Gasteiger partial charge in [-0.25, -0.2) is 9.97 Å². The fraction of sp³-hybridized carbons (Fsp3) is 0.500. The molecule has 2 heterocycles. The zero-order valence-electron chi connectivity index (χ0n) is 10.1. The third kappa shape index (κ3) is 1.75. The van der Waals surface area contributed by atoms with Crippen LogP contribution < -0.4 is 0 Å². The Balaban J connectivity index is 2.79. The van der Waals surface area contributed by atoms with Gasteiger partial charge in [0.25, 0.3) is 0 Å². The molecule has 0 saturated heterocycles. The first-order chi connectivity index (χ1) is 7.54. The molecule has 0 N–H and O–H groups in total. The van der Waals surface area contributed by atoms with Crippen molar-refractivity contribution in [2.45, 2.75) is 40.2 Å². The van der Waals surface area contributed by atoms with E-state index in [1.54, 1.807) is 0 Å². The van der Waals surface area contributed by atoms with Crippen LogP contribution in [0.3, 0.4) is 0 Å². The van der Waals surface area contributed by atoms with Crippen molar-refractivity contribution >= 4 is 27.0 Å². The molecule has 0 spiro atoms. The van der Waals surface area contributed by atoms with Gasteiger partial charge in [0.15, 0.2) is 0 Å². The van der Waals surface area contributed by atoms with Gasteiger partial charge in [0, 0.05) is 23.1 Å². The molecule has 86 valence electrons. The van der Waals surface area contributed by atoms with Crippen LogP contribution in [-0.4, -0.2) is 14.5 Å². The third-order valence-electron chi connectivity index (χ3n) is 2.73. The van der Waals surface area contributed by atoms with Crippen molar-refractivity contribution in [2.24, 2.45) is 0 Å². The van der Waals surface area contributed by atoms with E-state index in [9.17, 15) is 0 Å². The van der Waals surface area contributed by atoms with Gasteiger partial charge in [-0.2, -0.15) is 0 Å². The zero-order valence-corrected chi connectivity index (χ0v) is 11.7. The molecule has 4 heteroatoms. The van der Waals surface area contributed by atoms with E-state index in [-0.39, 0.29) is 0 Å². The Hall–Kier alpha value is -0.900. The Labute approximate surface area is 104 Å². The van der Waals surface area contributed by atoms with Crippen LogP contribution in [-0.2, 0) is 6.54 Å². The van der Waals surface area contributed by atoms with Gasteiger partial charge in [0.1, 0.15) is 11.5 Å². The van der Waals surface area contributed by atoms with E-state index < -0.39 is 0 Å². The predicted octanol–water partition coefficient (Wildman–Crippen LogP) is 3.65. The van der Waals surface area contributed by atoms with Crippen molar-refractivity contribution in [3.63, 3.8) is 0 Å². The highest BCUT2D eigenvalue weighted by atomic mass is 79.9. The molecule has 0 aromatic carbocycles. The van der Waals surface area contributed by atoms with E-state index in [1.165, 1.54) is 0 Å². The molecule has 0 radical (unpaired) electrons. The second-order valence-electron chi connectivity index (χ2n) is 4.28. The smallest absolute Gasteiger partial charge is 0.145 e. The van der Waals surface area contributed by atoms with E-state index in [0.717, 1.165) is 33.6 Å². The lowest BCUT2D eigenvalue weighted by atomic mass is 10.2. The molecular weight excluding hydrogens is 266 g/mol. The molecule has 0 aliphatic rings. The molecule has 0 unspecified atom stereocenters. The second-order valence-corrected chi connectivity index (χ2v) is 5.14. The van der Waals surface area contributed by atoms with Gasteiger partial charge in [-0.3, -0.25) is 0 Å². The molecule has 16 heavy (non-hydrogen) atoms. The van der Waals surface area contributed by atoms with Crippen molar-refractivity contribution in [1.82, 2.24) is 14.5 Å². The van der Waals surface area contributed by atoms with Gasteiger partial charge < -0.3 is 4.57 Å². The van der Waals surface area contributed by atoms with Crippen LogP contribution in [0.15, 0.2) is 10.7 Å². The van der Waals surface area contributed by atoms with Crippen LogP contribution in [0.5, 0.6) is 0 Å². The number of fused-ring (bicyclic) bond motifs is 1. The highest BCUT2D eigenvalue weighted by Gasteiger charge is 2.13. The van der Waals surface area contributed by atoms with Crippen molar-refractivity contribution < 1.29 is 0 Å². The van der Waals surface area contributed by atoms with E-state index in [1.807, 2.05) is 6.92 Å². The van der Waals surface area contributed by atoms with Crippen LogP contribution in [0.2, 0.25) is 0 Å². The summed E-state index contributed by atoms with van der Waals surface area (Å²) < 4.78 is 3.23. The van der Waals surface area contributed by atoms with Crippen molar-refractivity contribution in [3.8, 4) is 0 Å². The number of nitrogens with zero attached hydrogens (tertiary/aromatic N) is 3. The second kappa shape index (κ2) is 4.17. The highest BCUT2D eigenvalue weighted by Crippen LogP contribution is 2.28. The largest absolute Gasteiger partial charge is 0.332 e. The van der Waals surface area contributed by atoms with Gasteiger partial charge in [-0.05, 0) is 29.8 Å². The van der Waals surface area contributed by atoms with Crippen LogP contribution in [0, 0.1) is 6.92 Å². The lowest BCUT2D eigenvalue weighted by molar-refractivity contribution is 0.747. The van der Waals surface area contributed by atoms with E-state index in [2.05, 4.69) is 57.4 Å². The maximum atomic E-state index is 4.65. The summed E-state index contributed by atoms with van der Waals surface area (Å²) in [6.45, 7) is 9.33. The Morgan fingerprint density at radius 2 is 2.06 bits per heavy atom. The van der Waals surface area contributed by atoms with Crippen molar-refractivity contribution in [1.29, 1.82) is 0 Å². The molecule has 0 fully saturated rings. The normalized spacial score (nSPS) is 11.6. The summed E-state index contributed by atoms with van der Waals surface area (Å²) in [5, 5.41) is 1.13. The SMILES string of the molecule is CCn1cc(Br)c2c(C)nc(C(C)C)nc21. The zero-order chi connectivity index (χ0) is 11.9. The fourth-order valence-corrected chi connectivity index (χ4v) is 2.54. The molecule has 2 rings (SSSR count). The first-order valence-corrected chi connectivity index (χ1v) is 6.36. The fourth-order valence-electron chi connectivity index (χ4n) is 1.83. The summed E-state index contributed by atoms with van der Waals surface area (Å²) in [6.07, 6.45) is 2.08. The average molecular weight is 282 g/mol. The average Bonchev–Trinajstić information content (AvgIpc) is 2.55. The van der Waals surface area contributed by atoms with E-state index in [4.69, 9.17) is 0 Å². The summed E-state index contributed by atoms with van der Waals surface area (Å²) in [4.78, 5) is 9.20. The summed E-state index contributed by atoms with van der Waals surface area (Å²) in [6, 6.07) is 0.